The molecule has 1 aliphatic heterocycles. The number of hydrazone groups is 1. The summed E-state index contributed by atoms with van der Waals surface area (Å²) in [6, 6.07) is 19.2. The van der Waals surface area contributed by atoms with E-state index in [9.17, 15) is 9.59 Å². The molecule has 1 aliphatic rings. The number of methoxy groups -OCH3 is 5. The number of rotatable bonds is 12. The summed E-state index contributed by atoms with van der Waals surface area (Å²) in [4.78, 5) is 28.9. The summed E-state index contributed by atoms with van der Waals surface area (Å²) in [5.41, 5.74) is 2.77. The van der Waals surface area contributed by atoms with Crippen molar-refractivity contribution in [3.63, 3.8) is 0 Å². The summed E-state index contributed by atoms with van der Waals surface area (Å²) in [5, 5.41) is 6.21. The molecule has 0 spiro atoms. The fourth-order valence-electron chi connectivity index (χ4n) is 4.65. The third-order valence-electron chi connectivity index (χ3n) is 6.90. The smallest absolute Gasteiger partial charge is 0.262 e. The lowest BCUT2D eigenvalue weighted by Crippen LogP contribution is -2.42. The average molecular weight is 562 g/mol. The molecular formula is C31H35N3O7. The number of ether oxygens (including phenoxy) is 5. The summed E-state index contributed by atoms with van der Waals surface area (Å²) in [6.07, 6.45) is 0.437. The van der Waals surface area contributed by atoms with Gasteiger partial charge in [0, 0.05) is 31.2 Å². The van der Waals surface area contributed by atoms with Crippen LogP contribution in [0.2, 0.25) is 0 Å². The number of amides is 2. The van der Waals surface area contributed by atoms with Gasteiger partial charge in [-0.3, -0.25) is 9.59 Å². The highest BCUT2D eigenvalue weighted by atomic mass is 16.5. The quantitative estimate of drug-likeness (QED) is 0.327. The van der Waals surface area contributed by atoms with Gasteiger partial charge in [-0.05, 0) is 72.3 Å². The lowest BCUT2D eigenvalue weighted by Gasteiger charge is -2.28. The Morgan fingerprint density at radius 2 is 1.44 bits per heavy atom. The van der Waals surface area contributed by atoms with E-state index in [0.29, 0.717) is 29.2 Å². The van der Waals surface area contributed by atoms with Gasteiger partial charge in [0.05, 0.1) is 46.8 Å². The van der Waals surface area contributed by atoms with E-state index in [4.69, 9.17) is 28.8 Å². The molecule has 10 nitrogen and oxygen atoms in total. The van der Waals surface area contributed by atoms with Crippen LogP contribution in [0.1, 0.15) is 33.9 Å². The lowest BCUT2D eigenvalue weighted by atomic mass is 9.97. The Kier molecular flexibility index (Phi) is 9.81. The summed E-state index contributed by atoms with van der Waals surface area (Å²) in [6.45, 7) is 0.294. The van der Waals surface area contributed by atoms with Gasteiger partial charge in [-0.2, -0.15) is 5.10 Å². The molecule has 0 aromatic heterocycles. The van der Waals surface area contributed by atoms with Crippen LogP contribution in [-0.4, -0.2) is 82.7 Å². The van der Waals surface area contributed by atoms with Crippen molar-refractivity contribution in [3.05, 3.63) is 83.4 Å². The SMILES string of the molecule is COCCN(CC(=O)N1N=C(c2ccc(OC)cc2)C[C@H]1c1cc(OC)ccc1OC)C(=O)c1ccc(OC)cc1. The van der Waals surface area contributed by atoms with Gasteiger partial charge in [-0.25, -0.2) is 5.01 Å². The second kappa shape index (κ2) is 13.7. The predicted octanol–water partition coefficient (Wildman–Crippen LogP) is 4.19. The van der Waals surface area contributed by atoms with Crippen molar-refractivity contribution in [1.82, 2.24) is 9.91 Å². The van der Waals surface area contributed by atoms with E-state index in [2.05, 4.69) is 0 Å². The van der Waals surface area contributed by atoms with Crippen LogP contribution < -0.4 is 18.9 Å². The molecule has 0 saturated carbocycles. The molecule has 3 aromatic rings. The third kappa shape index (κ3) is 6.78. The molecule has 41 heavy (non-hydrogen) atoms. The highest BCUT2D eigenvalue weighted by molar-refractivity contribution is 6.04. The van der Waals surface area contributed by atoms with Crippen molar-refractivity contribution >= 4 is 17.5 Å². The van der Waals surface area contributed by atoms with E-state index in [1.54, 1.807) is 71.9 Å². The minimum Gasteiger partial charge on any atom is -0.497 e. The zero-order valence-electron chi connectivity index (χ0n) is 24.0. The maximum Gasteiger partial charge on any atom is 0.262 e. The zero-order valence-corrected chi connectivity index (χ0v) is 24.0. The monoisotopic (exact) mass is 561 g/mol. The summed E-state index contributed by atoms with van der Waals surface area (Å²) < 4.78 is 26.9. The van der Waals surface area contributed by atoms with Crippen LogP contribution in [0.15, 0.2) is 71.8 Å². The van der Waals surface area contributed by atoms with Crippen molar-refractivity contribution in [2.75, 3.05) is 55.2 Å². The summed E-state index contributed by atoms with van der Waals surface area (Å²) in [5.74, 6) is 1.94. The maximum atomic E-state index is 13.9. The van der Waals surface area contributed by atoms with Crippen LogP contribution in [-0.2, 0) is 9.53 Å². The Morgan fingerprint density at radius 1 is 0.829 bits per heavy atom. The predicted molar refractivity (Wildman–Crippen MR) is 154 cm³/mol. The van der Waals surface area contributed by atoms with Gasteiger partial charge in [-0.1, -0.05) is 0 Å². The molecule has 0 unspecified atom stereocenters. The Balaban J connectivity index is 1.68. The molecule has 2 amide bonds. The largest absolute Gasteiger partial charge is 0.497 e. The molecule has 0 aliphatic carbocycles. The molecule has 0 saturated heterocycles. The summed E-state index contributed by atoms with van der Waals surface area (Å²) in [7, 11) is 7.88. The number of carbonyl (C=O) groups is 2. The Bertz CT molecular complexity index is 1370. The van der Waals surface area contributed by atoms with E-state index in [0.717, 1.165) is 22.6 Å². The molecule has 0 N–H and O–H groups in total. The maximum absolute atomic E-state index is 13.9. The Labute approximate surface area is 240 Å². The minimum absolute atomic E-state index is 0.198. The second-order valence-corrected chi connectivity index (χ2v) is 9.29. The molecular weight excluding hydrogens is 526 g/mol. The van der Waals surface area contributed by atoms with Gasteiger partial charge in [0.2, 0.25) is 0 Å². The number of nitrogens with zero attached hydrogens (tertiary/aromatic N) is 3. The van der Waals surface area contributed by atoms with Crippen LogP contribution in [0.4, 0.5) is 0 Å². The van der Waals surface area contributed by atoms with E-state index >= 15 is 0 Å². The van der Waals surface area contributed by atoms with Crippen LogP contribution in [0.5, 0.6) is 23.0 Å². The van der Waals surface area contributed by atoms with Crippen LogP contribution in [0, 0.1) is 0 Å². The Morgan fingerprint density at radius 3 is 2.02 bits per heavy atom. The minimum atomic E-state index is -0.481. The first-order valence-corrected chi connectivity index (χ1v) is 13.1. The van der Waals surface area contributed by atoms with Crippen molar-refractivity contribution < 1.29 is 33.3 Å². The number of hydrogen-bond donors (Lipinski definition) is 0. The van der Waals surface area contributed by atoms with E-state index < -0.39 is 6.04 Å². The van der Waals surface area contributed by atoms with Gasteiger partial charge in [-0.15, -0.1) is 0 Å². The van der Waals surface area contributed by atoms with E-state index in [1.165, 1.54) is 9.91 Å². The highest BCUT2D eigenvalue weighted by Gasteiger charge is 2.36. The standard InChI is InChI=1S/C31H35N3O7/c1-37-17-16-33(31(36)22-8-12-24(39-3)13-9-22)20-30(35)34-28(26-18-25(40-4)14-15-29(26)41-5)19-27(32-34)21-6-10-23(38-2)11-7-21/h6-15,18,28H,16-17,19-20H2,1-5H3/t28-/m0/s1. The van der Waals surface area contributed by atoms with Gasteiger partial charge < -0.3 is 28.6 Å². The van der Waals surface area contributed by atoms with Crippen LogP contribution in [0.25, 0.3) is 0 Å². The van der Waals surface area contributed by atoms with Crippen molar-refractivity contribution in [3.8, 4) is 23.0 Å². The fraction of sp³-hybridized carbons (Fsp3) is 0.323. The first-order chi connectivity index (χ1) is 19.9. The van der Waals surface area contributed by atoms with Crippen LogP contribution >= 0.6 is 0 Å². The molecule has 1 atom stereocenters. The second-order valence-electron chi connectivity index (χ2n) is 9.29. The first kappa shape index (κ1) is 29.4. The molecule has 1 heterocycles. The van der Waals surface area contributed by atoms with Crippen molar-refractivity contribution in [2.45, 2.75) is 12.5 Å². The van der Waals surface area contributed by atoms with Crippen molar-refractivity contribution in [2.24, 2.45) is 5.10 Å². The number of hydrogen-bond acceptors (Lipinski definition) is 8. The topological polar surface area (TPSA) is 99.1 Å². The van der Waals surface area contributed by atoms with Gasteiger partial charge in [0.1, 0.15) is 29.5 Å². The van der Waals surface area contributed by atoms with Gasteiger partial charge in [0.15, 0.2) is 0 Å². The van der Waals surface area contributed by atoms with Crippen molar-refractivity contribution in [1.29, 1.82) is 0 Å². The lowest BCUT2D eigenvalue weighted by molar-refractivity contribution is -0.133. The Hall–Kier alpha value is -4.57. The third-order valence-corrected chi connectivity index (χ3v) is 6.90. The number of benzene rings is 3. The zero-order chi connectivity index (χ0) is 29.4. The van der Waals surface area contributed by atoms with Crippen LogP contribution in [0.3, 0.4) is 0 Å². The summed E-state index contributed by atoms with van der Waals surface area (Å²) >= 11 is 0. The molecule has 0 fully saturated rings. The molecule has 4 rings (SSSR count). The fourth-order valence-corrected chi connectivity index (χ4v) is 4.65. The average Bonchev–Trinajstić information content (AvgIpc) is 3.48. The highest BCUT2D eigenvalue weighted by Crippen LogP contribution is 2.39. The molecule has 3 aromatic carbocycles. The van der Waals surface area contributed by atoms with E-state index in [-0.39, 0.29) is 31.5 Å². The number of carbonyl (C=O) groups excluding carboxylic acids is 2. The van der Waals surface area contributed by atoms with E-state index in [1.807, 2.05) is 30.3 Å². The molecule has 10 heteroatoms. The first-order valence-electron chi connectivity index (χ1n) is 13.1. The molecule has 216 valence electrons. The molecule has 0 bridgehead atoms. The molecule has 0 radical (unpaired) electrons. The van der Waals surface area contributed by atoms with Gasteiger partial charge in [0.25, 0.3) is 11.8 Å². The van der Waals surface area contributed by atoms with Gasteiger partial charge >= 0.3 is 0 Å². The normalized spacial score (nSPS) is 14.3.